The first kappa shape index (κ1) is 35.3. The van der Waals surface area contributed by atoms with Crippen LogP contribution in [0.25, 0.3) is 22.9 Å². The maximum atomic E-state index is 13.4. The second kappa shape index (κ2) is 15.6. The number of likely N-dealkylation sites (tertiary alicyclic amines) is 2. The predicted octanol–water partition coefficient (Wildman–Crippen LogP) is 7.02. The van der Waals surface area contributed by atoms with Gasteiger partial charge < -0.3 is 24.9 Å². The van der Waals surface area contributed by atoms with Crippen LogP contribution in [0.5, 0.6) is 0 Å². The van der Waals surface area contributed by atoms with E-state index in [1.165, 1.54) is 0 Å². The highest BCUT2D eigenvalue weighted by atomic mass is 16.4. The molecule has 0 aliphatic carbocycles. The Bertz CT molecular complexity index is 1980. The fourth-order valence-corrected chi connectivity index (χ4v) is 7.25. The molecular formula is C42H42N6O5. The van der Waals surface area contributed by atoms with Crippen molar-refractivity contribution < 1.29 is 23.6 Å². The molecule has 11 nitrogen and oxygen atoms in total. The number of nitrogens with zero attached hydrogens (tertiary/aromatic N) is 4. The lowest BCUT2D eigenvalue weighted by molar-refractivity contribution is -0.120. The van der Waals surface area contributed by atoms with Crippen LogP contribution in [0.1, 0.15) is 71.4 Å². The number of carbonyl (C=O) groups excluding carboxylic acids is 4. The highest BCUT2D eigenvalue weighted by molar-refractivity contribution is 6.03. The Morgan fingerprint density at radius 1 is 0.604 bits per heavy atom. The molecule has 4 aromatic carbocycles. The summed E-state index contributed by atoms with van der Waals surface area (Å²) in [5, 5.41) is 14.4. The number of nitrogens with one attached hydrogen (secondary N) is 2. The maximum absolute atomic E-state index is 13.4. The molecule has 2 aliphatic rings. The molecule has 11 heteroatoms. The van der Waals surface area contributed by atoms with Crippen molar-refractivity contribution in [1.29, 1.82) is 0 Å². The Morgan fingerprint density at radius 3 is 1.40 bits per heavy atom. The first-order valence-corrected chi connectivity index (χ1v) is 18.3. The Labute approximate surface area is 308 Å². The third-order valence-corrected chi connectivity index (χ3v) is 10.1. The lowest BCUT2D eigenvalue weighted by atomic mass is 10.0. The average molecular weight is 711 g/mol. The molecule has 0 spiro atoms. The monoisotopic (exact) mass is 710 g/mol. The molecule has 2 aliphatic heterocycles. The molecule has 0 radical (unpaired) electrons. The first-order chi connectivity index (χ1) is 25.8. The van der Waals surface area contributed by atoms with Crippen LogP contribution < -0.4 is 10.6 Å². The van der Waals surface area contributed by atoms with E-state index in [4.69, 9.17) is 4.42 Å². The van der Waals surface area contributed by atoms with Crippen LogP contribution in [0.2, 0.25) is 0 Å². The van der Waals surface area contributed by atoms with Crippen molar-refractivity contribution in [2.45, 2.75) is 64.5 Å². The maximum Gasteiger partial charge on any atom is 0.254 e. The fourth-order valence-electron chi connectivity index (χ4n) is 7.25. The van der Waals surface area contributed by atoms with Crippen LogP contribution in [0.4, 0.5) is 11.4 Å². The zero-order valence-corrected chi connectivity index (χ0v) is 29.9. The average Bonchev–Trinajstić information content (AvgIpc) is 4.00. The molecule has 0 bridgehead atoms. The van der Waals surface area contributed by atoms with Crippen molar-refractivity contribution in [3.8, 4) is 22.9 Å². The number of amides is 4. The summed E-state index contributed by atoms with van der Waals surface area (Å²) in [4.78, 5) is 56.8. The summed E-state index contributed by atoms with van der Waals surface area (Å²) < 4.78 is 5.98. The van der Waals surface area contributed by atoms with E-state index in [0.29, 0.717) is 71.3 Å². The first-order valence-electron chi connectivity index (χ1n) is 18.3. The van der Waals surface area contributed by atoms with Crippen molar-refractivity contribution in [2.75, 3.05) is 23.7 Å². The molecule has 0 saturated carbocycles. The quantitative estimate of drug-likeness (QED) is 0.159. The second-order valence-corrected chi connectivity index (χ2v) is 13.4. The van der Waals surface area contributed by atoms with Gasteiger partial charge in [0.25, 0.3) is 11.8 Å². The van der Waals surface area contributed by atoms with E-state index in [9.17, 15) is 19.2 Å². The van der Waals surface area contributed by atoms with Crippen LogP contribution in [-0.2, 0) is 22.4 Å². The molecule has 4 amide bonds. The Morgan fingerprint density at radius 2 is 1.00 bits per heavy atom. The number of anilines is 2. The van der Waals surface area contributed by atoms with E-state index in [1.54, 1.807) is 58.3 Å². The summed E-state index contributed by atoms with van der Waals surface area (Å²) in [5.74, 6) is -0.0329. The standard InChI is InChI=1S/C42H42N6O5/c1-3-27-11-5-7-13-33(27)41(51)47-25-9-15-35(47)37(49)43-31-21-17-29(18-22-31)39-45-46-40(53-39)30-19-23-32(24-20-30)44-38(50)36-16-10-26-48(36)42(52)34-14-8-6-12-28(34)4-2/h5-8,11-14,17-24,35-36H,3-4,9-10,15-16,25-26H2,1-2H3,(H,43,49)(H,44,50). The number of carbonyl (C=O) groups is 4. The van der Waals surface area contributed by atoms with Crippen LogP contribution in [-0.4, -0.2) is 68.8 Å². The topological polar surface area (TPSA) is 138 Å². The number of hydrogen-bond donors (Lipinski definition) is 2. The van der Waals surface area contributed by atoms with E-state index in [2.05, 4.69) is 20.8 Å². The Kier molecular flexibility index (Phi) is 10.4. The normalized spacial score (nSPS) is 16.8. The molecule has 53 heavy (non-hydrogen) atoms. The van der Waals surface area contributed by atoms with Crippen LogP contribution in [0, 0.1) is 0 Å². The summed E-state index contributed by atoms with van der Waals surface area (Å²) >= 11 is 0. The highest BCUT2D eigenvalue weighted by Gasteiger charge is 2.36. The molecule has 1 aromatic heterocycles. The number of aryl methyl sites for hydroxylation is 2. The van der Waals surface area contributed by atoms with Gasteiger partial charge in [0.1, 0.15) is 12.1 Å². The molecule has 2 unspecified atom stereocenters. The van der Waals surface area contributed by atoms with Gasteiger partial charge in [-0.2, -0.15) is 0 Å². The van der Waals surface area contributed by atoms with Gasteiger partial charge in [0.15, 0.2) is 0 Å². The van der Waals surface area contributed by atoms with Gasteiger partial charge in [-0.15, -0.1) is 10.2 Å². The zero-order valence-electron chi connectivity index (χ0n) is 29.9. The van der Waals surface area contributed by atoms with Crippen molar-refractivity contribution in [1.82, 2.24) is 20.0 Å². The van der Waals surface area contributed by atoms with Crippen molar-refractivity contribution in [2.24, 2.45) is 0 Å². The molecule has 7 rings (SSSR count). The van der Waals surface area contributed by atoms with Crippen molar-refractivity contribution in [3.05, 3.63) is 119 Å². The van der Waals surface area contributed by atoms with E-state index in [-0.39, 0.29) is 23.6 Å². The minimum atomic E-state index is -0.541. The summed E-state index contributed by atoms with van der Waals surface area (Å²) in [6.07, 6.45) is 4.24. The molecule has 2 N–H and O–H groups in total. The number of hydrogen-bond acceptors (Lipinski definition) is 7. The lowest BCUT2D eigenvalue weighted by Gasteiger charge is -2.25. The van der Waals surface area contributed by atoms with E-state index < -0.39 is 12.1 Å². The van der Waals surface area contributed by atoms with Crippen LogP contribution >= 0.6 is 0 Å². The minimum absolute atomic E-state index is 0.111. The molecular weight excluding hydrogens is 668 g/mol. The lowest BCUT2D eigenvalue weighted by Crippen LogP contribution is -2.43. The summed E-state index contributed by atoms with van der Waals surface area (Å²) in [6, 6.07) is 28.3. The van der Waals surface area contributed by atoms with Gasteiger partial charge >= 0.3 is 0 Å². The Hall–Kier alpha value is -6.10. The third-order valence-electron chi connectivity index (χ3n) is 10.1. The molecule has 2 saturated heterocycles. The fraction of sp³-hybridized carbons (Fsp3) is 0.286. The number of rotatable bonds is 10. The Balaban J connectivity index is 0.955. The van der Waals surface area contributed by atoms with Gasteiger partial charge in [-0.25, -0.2) is 0 Å². The van der Waals surface area contributed by atoms with Gasteiger partial charge in [-0.3, -0.25) is 19.2 Å². The summed E-state index contributed by atoms with van der Waals surface area (Å²) in [7, 11) is 0. The minimum Gasteiger partial charge on any atom is -0.416 e. The second-order valence-electron chi connectivity index (χ2n) is 13.4. The van der Waals surface area contributed by atoms with Gasteiger partial charge in [-0.05, 0) is 110 Å². The van der Waals surface area contributed by atoms with E-state index in [0.717, 1.165) is 36.8 Å². The SMILES string of the molecule is CCc1ccccc1C(=O)N1CCCC1C(=O)Nc1ccc(-c2nnc(-c3ccc(NC(=O)C4CCCN4C(=O)c4ccccc4CC)cc3)o2)cc1. The molecule has 5 aromatic rings. The molecule has 3 heterocycles. The molecule has 2 fully saturated rings. The smallest absolute Gasteiger partial charge is 0.254 e. The number of aromatic nitrogens is 2. The number of benzene rings is 4. The molecule has 2 atom stereocenters. The third kappa shape index (κ3) is 7.46. The van der Waals surface area contributed by atoms with Crippen molar-refractivity contribution >= 4 is 35.0 Å². The predicted molar refractivity (Wildman–Crippen MR) is 202 cm³/mol. The summed E-state index contributed by atoms with van der Waals surface area (Å²) in [6.45, 7) is 5.12. The molecule has 270 valence electrons. The van der Waals surface area contributed by atoms with Crippen LogP contribution in [0.3, 0.4) is 0 Å². The zero-order chi connectivity index (χ0) is 36.9. The largest absolute Gasteiger partial charge is 0.416 e. The van der Waals surface area contributed by atoms with Gasteiger partial charge in [0.2, 0.25) is 23.6 Å². The summed E-state index contributed by atoms with van der Waals surface area (Å²) in [5.41, 5.74) is 5.79. The van der Waals surface area contributed by atoms with Gasteiger partial charge in [-0.1, -0.05) is 50.2 Å². The van der Waals surface area contributed by atoms with Crippen molar-refractivity contribution in [3.63, 3.8) is 0 Å². The van der Waals surface area contributed by atoms with E-state index in [1.807, 2.05) is 62.4 Å². The highest BCUT2D eigenvalue weighted by Crippen LogP contribution is 2.28. The van der Waals surface area contributed by atoms with E-state index >= 15 is 0 Å². The van der Waals surface area contributed by atoms with Gasteiger partial charge in [0, 0.05) is 46.7 Å². The van der Waals surface area contributed by atoms with Crippen LogP contribution in [0.15, 0.2) is 101 Å². The van der Waals surface area contributed by atoms with Gasteiger partial charge in [0.05, 0.1) is 0 Å².